The highest BCUT2D eigenvalue weighted by Crippen LogP contribution is 2.44. The fourth-order valence-corrected chi connectivity index (χ4v) is 3.57. The zero-order valence-electron chi connectivity index (χ0n) is 15.8. The van der Waals surface area contributed by atoms with E-state index in [0.717, 1.165) is 0 Å². The first-order chi connectivity index (χ1) is 14.0. The largest absolute Gasteiger partial charge is 0.476 e. The molecule has 0 N–H and O–H groups in total. The van der Waals surface area contributed by atoms with Gasteiger partial charge in [-0.2, -0.15) is 0 Å². The average Bonchev–Trinajstić information content (AvgIpc) is 3.15. The van der Waals surface area contributed by atoms with Crippen LogP contribution in [0.25, 0.3) is 11.0 Å². The molecule has 0 saturated carbocycles. The van der Waals surface area contributed by atoms with Gasteiger partial charge in [-0.3, -0.25) is 0 Å². The summed E-state index contributed by atoms with van der Waals surface area (Å²) in [5.41, 5.74) is 1.03. The molecule has 0 bridgehead atoms. The van der Waals surface area contributed by atoms with Crippen LogP contribution >= 0.6 is 0 Å². The van der Waals surface area contributed by atoms with E-state index >= 15 is 0 Å². The van der Waals surface area contributed by atoms with Crippen LogP contribution < -0.4 is 10.4 Å². The van der Waals surface area contributed by atoms with Crippen LogP contribution in [0.2, 0.25) is 0 Å². The molecular weight excluding hydrogens is 376 g/mol. The quantitative estimate of drug-likeness (QED) is 0.496. The standard InChI is InChI=1S/C22H18O7/c1-3-27-22(25)19-16(12-8-10-13(11-9-12)20(23)26-2)17-18(29-19)14-6-4-5-7-15(14)28-21(17)24/h4-11,16,19H,3H2,1-2H3/t16-,19-/m0/s1. The number of esters is 2. The van der Waals surface area contributed by atoms with Crippen LogP contribution in [0, 0.1) is 0 Å². The van der Waals surface area contributed by atoms with Gasteiger partial charge in [-0.1, -0.05) is 24.3 Å². The van der Waals surface area contributed by atoms with Crippen molar-refractivity contribution < 1.29 is 28.2 Å². The molecule has 0 fully saturated rings. The van der Waals surface area contributed by atoms with E-state index in [0.29, 0.717) is 27.8 Å². The Morgan fingerprint density at radius 1 is 1.07 bits per heavy atom. The summed E-state index contributed by atoms with van der Waals surface area (Å²) in [5, 5.41) is 0.602. The zero-order chi connectivity index (χ0) is 20.5. The fourth-order valence-electron chi connectivity index (χ4n) is 3.57. The highest BCUT2D eigenvalue weighted by Gasteiger charge is 2.45. The number of para-hydroxylation sites is 1. The van der Waals surface area contributed by atoms with Gasteiger partial charge in [0.2, 0.25) is 6.10 Å². The Morgan fingerprint density at radius 2 is 1.79 bits per heavy atom. The van der Waals surface area contributed by atoms with E-state index in [2.05, 4.69) is 0 Å². The predicted octanol–water partition coefficient (Wildman–Crippen LogP) is 3.04. The number of carbonyl (C=O) groups is 2. The number of hydrogen-bond donors (Lipinski definition) is 0. The minimum Gasteiger partial charge on any atom is -0.476 e. The maximum absolute atomic E-state index is 12.8. The summed E-state index contributed by atoms with van der Waals surface area (Å²) in [5.74, 6) is -1.46. The molecule has 0 amide bonds. The summed E-state index contributed by atoms with van der Waals surface area (Å²) < 4.78 is 21.3. The molecule has 0 unspecified atom stereocenters. The van der Waals surface area contributed by atoms with Gasteiger partial charge in [0.1, 0.15) is 11.3 Å². The van der Waals surface area contributed by atoms with Gasteiger partial charge in [0.05, 0.1) is 36.1 Å². The Hall–Kier alpha value is -3.61. The molecule has 7 heteroatoms. The van der Waals surface area contributed by atoms with Gasteiger partial charge in [0.15, 0.2) is 0 Å². The van der Waals surface area contributed by atoms with Crippen LogP contribution in [0.5, 0.6) is 5.75 Å². The van der Waals surface area contributed by atoms with E-state index < -0.39 is 29.6 Å². The van der Waals surface area contributed by atoms with Crippen molar-refractivity contribution in [2.45, 2.75) is 18.9 Å². The smallest absolute Gasteiger partial charge is 0.348 e. The van der Waals surface area contributed by atoms with Gasteiger partial charge in [-0.05, 0) is 36.8 Å². The Kier molecular flexibility index (Phi) is 4.80. The van der Waals surface area contributed by atoms with Crippen molar-refractivity contribution in [2.24, 2.45) is 0 Å². The maximum atomic E-state index is 12.8. The summed E-state index contributed by atoms with van der Waals surface area (Å²) in [6.07, 6.45) is -1.04. The third-order valence-electron chi connectivity index (χ3n) is 4.87. The third kappa shape index (κ3) is 3.14. The summed E-state index contributed by atoms with van der Waals surface area (Å²) in [7, 11) is 1.30. The van der Waals surface area contributed by atoms with Gasteiger partial charge in [-0.25, -0.2) is 14.4 Å². The lowest BCUT2D eigenvalue weighted by Crippen LogP contribution is -2.32. The molecule has 0 aliphatic carbocycles. The minimum atomic E-state index is -1.04. The van der Waals surface area contributed by atoms with Crippen LogP contribution in [0.4, 0.5) is 0 Å². The third-order valence-corrected chi connectivity index (χ3v) is 4.87. The number of carbonyl (C=O) groups excluding carboxylic acids is 2. The van der Waals surface area contributed by atoms with Gasteiger partial charge >= 0.3 is 17.6 Å². The number of fused-ring (bicyclic) bond motifs is 3. The predicted molar refractivity (Wildman–Crippen MR) is 103 cm³/mol. The van der Waals surface area contributed by atoms with E-state index in [1.807, 2.05) is 0 Å². The number of rotatable bonds is 4. The van der Waals surface area contributed by atoms with Gasteiger partial charge in [0, 0.05) is 0 Å². The van der Waals surface area contributed by atoms with Gasteiger partial charge in [0.25, 0.3) is 0 Å². The number of benzene rings is 2. The summed E-state index contributed by atoms with van der Waals surface area (Å²) in [6.45, 7) is 1.88. The fraction of sp³-hybridized carbons (Fsp3) is 0.227. The lowest BCUT2D eigenvalue weighted by molar-refractivity contribution is -0.151. The van der Waals surface area contributed by atoms with E-state index in [-0.39, 0.29) is 12.2 Å². The Morgan fingerprint density at radius 3 is 2.48 bits per heavy atom. The molecule has 1 aliphatic rings. The monoisotopic (exact) mass is 394 g/mol. The molecule has 29 heavy (non-hydrogen) atoms. The summed E-state index contributed by atoms with van der Waals surface area (Å²) in [4.78, 5) is 37.1. The summed E-state index contributed by atoms with van der Waals surface area (Å²) in [6, 6.07) is 13.4. The number of methoxy groups -OCH3 is 1. The second-order valence-corrected chi connectivity index (χ2v) is 6.51. The highest BCUT2D eigenvalue weighted by molar-refractivity contribution is 5.90. The lowest BCUT2D eigenvalue weighted by atomic mass is 9.88. The molecule has 0 radical (unpaired) electrons. The van der Waals surface area contributed by atoms with Crippen LogP contribution in [-0.4, -0.2) is 31.8 Å². The second kappa shape index (κ2) is 7.43. The average molecular weight is 394 g/mol. The van der Waals surface area contributed by atoms with E-state index in [1.54, 1.807) is 55.5 Å². The molecule has 2 atom stereocenters. The van der Waals surface area contributed by atoms with Gasteiger partial charge in [-0.15, -0.1) is 0 Å². The Bertz CT molecular complexity index is 1140. The lowest BCUT2D eigenvalue weighted by Gasteiger charge is -2.17. The van der Waals surface area contributed by atoms with E-state index in [9.17, 15) is 14.4 Å². The molecule has 1 aliphatic heterocycles. The van der Waals surface area contributed by atoms with Crippen molar-refractivity contribution in [1.29, 1.82) is 0 Å². The van der Waals surface area contributed by atoms with Gasteiger partial charge < -0.3 is 18.6 Å². The minimum absolute atomic E-state index is 0.179. The summed E-state index contributed by atoms with van der Waals surface area (Å²) >= 11 is 0. The molecule has 0 spiro atoms. The number of ether oxygens (including phenoxy) is 3. The molecule has 2 aromatic carbocycles. The molecule has 2 heterocycles. The SMILES string of the molecule is CCOC(=O)[C@H]1Oc2c(c(=O)oc3ccccc23)[C@@H]1c1ccc(C(=O)OC)cc1. The van der Waals surface area contributed by atoms with Crippen LogP contribution in [0.1, 0.15) is 34.3 Å². The van der Waals surface area contributed by atoms with Crippen molar-refractivity contribution in [2.75, 3.05) is 13.7 Å². The first-order valence-electron chi connectivity index (χ1n) is 9.12. The maximum Gasteiger partial charge on any atom is 0.348 e. The van der Waals surface area contributed by atoms with E-state index in [1.165, 1.54) is 7.11 Å². The van der Waals surface area contributed by atoms with Crippen LogP contribution in [0.3, 0.4) is 0 Å². The van der Waals surface area contributed by atoms with E-state index in [4.69, 9.17) is 18.6 Å². The van der Waals surface area contributed by atoms with Crippen molar-refractivity contribution in [1.82, 2.24) is 0 Å². The van der Waals surface area contributed by atoms with Crippen molar-refractivity contribution in [3.8, 4) is 5.75 Å². The van der Waals surface area contributed by atoms with Crippen molar-refractivity contribution in [3.63, 3.8) is 0 Å². The highest BCUT2D eigenvalue weighted by atomic mass is 16.6. The Labute approximate surface area is 165 Å². The normalized spacial score (nSPS) is 17.4. The number of hydrogen-bond acceptors (Lipinski definition) is 7. The molecule has 0 saturated heterocycles. The molecule has 148 valence electrons. The first-order valence-corrected chi connectivity index (χ1v) is 9.12. The molecule has 1 aromatic heterocycles. The molecule has 7 nitrogen and oxygen atoms in total. The van der Waals surface area contributed by atoms with Crippen molar-refractivity contribution in [3.05, 3.63) is 75.6 Å². The topological polar surface area (TPSA) is 92.0 Å². The Balaban J connectivity index is 1.88. The second-order valence-electron chi connectivity index (χ2n) is 6.51. The molecule has 3 aromatic rings. The molecular formula is C22H18O7. The zero-order valence-corrected chi connectivity index (χ0v) is 15.8. The van der Waals surface area contributed by atoms with Crippen LogP contribution in [-0.2, 0) is 14.3 Å². The molecule has 4 rings (SSSR count). The van der Waals surface area contributed by atoms with Crippen LogP contribution in [0.15, 0.2) is 57.7 Å². The first kappa shape index (κ1) is 18.7. The van der Waals surface area contributed by atoms with Crippen molar-refractivity contribution >= 4 is 22.9 Å².